The van der Waals surface area contributed by atoms with Crippen molar-refractivity contribution in [3.8, 4) is 0 Å². The van der Waals surface area contributed by atoms with Crippen LogP contribution in [0.25, 0.3) is 0 Å². The number of aliphatic hydroxyl groups is 1. The lowest BCUT2D eigenvalue weighted by atomic mass is 10.1. The van der Waals surface area contributed by atoms with E-state index in [1.54, 1.807) is 12.3 Å². The topological polar surface area (TPSA) is 62.2 Å². The second-order valence-electron chi connectivity index (χ2n) is 5.18. The molecule has 5 heteroatoms. The third-order valence-electron chi connectivity index (χ3n) is 3.11. The van der Waals surface area contributed by atoms with Crippen LogP contribution in [0.15, 0.2) is 29.6 Å². The number of hydrogen-bond donors (Lipinski definition) is 2. The van der Waals surface area contributed by atoms with E-state index in [1.807, 2.05) is 0 Å². The van der Waals surface area contributed by atoms with Crippen molar-refractivity contribution < 1.29 is 9.90 Å². The van der Waals surface area contributed by atoms with Crippen LogP contribution in [0.3, 0.4) is 0 Å². The van der Waals surface area contributed by atoms with Crippen LogP contribution >= 0.6 is 11.3 Å². The van der Waals surface area contributed by atoms with Gasteiger partial charge in [0.1, 0.15) is 5.69 Å². The lowest BCUT2D eigenvalue weighted by Crippen LogP contribution is -2.26. The molecule has 0 radical (unpaired) electrons. The Labute approximate surface area is 128 Å². The number of nitrogens with zero attached hydrogens (tertiary/aromatic N) is 1. The normalized spacial score (nSPS) is 12.1. The summed E-state index contributed by atoms with van der Waals surface area (Å²) >= 11 is 1.50. The first kappa shape index (κ1) is 15.7. The van der Waals surface area contributed by atoms with Gasteiger partial charge in [-0.3, -0.25) is 4.79 Å². The van der Waals surface area contributed by atoms with Gasteiger partial charge in [-0.15, -0.1) is 11.3 Å². The fourth-order valence-corrected chi connectivity index (χ4v) is 2.67. The minimum absolute atomic E-state index is 0.179. The smallest absolute Gasteiger partial charge is 0.270 e. The molecule has 0 spiro atoms. The molecule has 2 rings (SSSR count). The molecule has 0 bridgehead atoms. The summed E-state index contributed by atoms with van der Waals surface area (Å²) < 4.78 is 0. The zero-order valence-corrected chi connectivity index (χ0v) is 13.1. The van der Waals surface area contributed by atoms with Gasteiger partial charge in [-0.2, -0.15) is 0 Å². The van der Waals surface area contributed by atoms with Crippen molar-refractivity contribution in [2.75, 3.05) is 6.54 Å². The minimum atomic E-state index is -0.405. The number of aliphatic hydroxyl groups excluding tert-OH is 1. The van der Waals surface area contributed by atoms with Gasteiger partial charge >= 0.3 is 0 Å². The number of aryl methyl sites for hydroxylation is 1. The van der Waals surface area contributed by atoms with Crippen molar-refractivity contribution in [1.29, 1.82) is 0 Å². The standard InChI is InChI=1S/C16H20N2O2S/c1-11-3-5-13(6-4-11)9-15-18-14(10-21-15)16(20)17-8-7-12(2)19/h3-6,10,12,19H,7-9H2,1-2H3,(H,17,20). The summed E-state index contributed by atoms with van der Waals surface area (Å²) in [5, 5.41) is 14.6. The van der Waals surface area contributed by atoms with Crippen molar-refractivity contribution in [2.24, 2.45) is 0 Å². The van der Waals surface area contributed by atoms with Crippen LogP contribution < -0.4 is 5.32 Å². The molecule has 4 nitrogen and oxygen atoms in total. The van der Waals surface area contributed by atoms with Gasteiger partial charge in [0.2, 0.25) is 0 Å². The van der Waals surface area contributed by atoms with Crippen LogP contribution in [-0.4, -0.2) is 28.6 Å². The first-order chi connectivity index (χ1) is 10.0. The monoisotopic (exact) mass is 304 g/mol. The molecule has 0 aliphatic rings. The second-order valence-corrected chi connectivity index (χ2v) is 6.13. The second kappa shape index (κ2) is 7.33. The quantitative estimate of drug-likeness (QED) is 0.862. The van der Waals surface area contributed by atoms with E-state index in [-0.39, 0.29) is 5.91 Å². The Hall–Kier alpha value is -1.72. The molecule has 1 atom stereocenters. The van der Waals surface area contributed by atoms with Crippen LogP contribution in [0.1, 0.15) is 40.0 Å². The molecule has 112 valence electrons. The molecule has 0 fully saturated rings. The molecule has 2 N–H and O–H groups in total. The van der Waals surface area contributed by atoms with Gasteiger partial charge in [0, 0.05) is 18.3 Å². The molecule has 2 aromatic rings. The van der Waals surface area contributed by atoms with Gasteiger partial charge in [0.25, 0.3) is 5.91 Å². The van der Waals surface area contributed by atoms with Crippen molar-refractivity contribution in [2.45, 2.75) is 32.8 Å². The summed E-state index contributed by atoms with van der Waals surface area (Å²) in [7, 11) is 0. The number of benzene rings is 1. The summed E-state index contributed by atoms with van der Waals surface area (Å²) in [4.78, 5) is 16.3. The highest BCUT2D eigenvalue weighted by molar-refractivity contribution is 7.09. The molecule has 1 unspecified atom stereocenters. The van der Waals surface area contributed by atoms with Crippen LogP contribution in [-0.2, 0) is 6.42 Å². The fraction of sp³-hybridized carbons (Fsp3) is 0.375. The Bertz CT molecular complexity index is 591. The minimum Gasteiger partial charge on any atom is -0.393 e. The summed E-state index contributed by atoms with van der Waals surface area (Å²) in [5.74, 6) is -0.179. The first-order valence-electron chi connectivity index (χ1n) is 7.01. The number of carbonyl (C=O) groups is 1. The first-order valence-corrected chi connectivity index (χ1v) is 7.89. The van der Waals surface area contributed by atoms with Crippen molar-refractivity contribution >= 4 is 17.2 Å². The average Bonchev–Trinajstić information content (AvgIpc) is 2.89. The number of rotatable bonds is 6. The number of nitrogens with one attached hydrogen (secondary N) is 1. The number of hydrogen-bond acceptors (Lipinski definition) is 4. The molecule has 1 aromatic heterocycles. The van der Waals surface area contributed by atoms with Gasteiger partial charge < -0.3 is 10.4 Å². The van der Waals surface area contributed by atoms with Gasteiger partial charge in [0.15, 0.2) is 0 Å². The highest BCUT2D eigenvalue weighted by Gasteiger charge is 2.11. The van der Waals surface area contributed by atoms with Crippen LogP contribution in [0.2, 0.25) is 0 Å². The predicted octanol–water partition coefficient (Wildman–Crippen LogP) is 2.54. The van der Waals surface area contributed by atoms with Gasteiger partial charge in [-0.05, 0) is 25.8 Å². The molecular formula is C16H20N2O2S. The Kier molecular flexibility index (Phi) is 5.47. The van der Waals surface area contributed by atoms with Gasteiger partial charge in [-0.25, -0.2) is 4.98 Å². The van der Waals surface area contributed by atoms with Gasteiger partial charge in [-0.1, -0.05) is 29.8 Å². The zero-order valence-electron chi connectivity index (χ0n) is 12.3. The summed E-state index contributed by atoms with van der Waals surface area (Å²) in [6.07, 6.45) is 0.885. The maximum atomic E-state index is 11.9. The van der Waals surface area contributed by atoms with Crippen LogP contribution in [0.5, 0.6) is 0 Å². The summed E-state index contributed by atoms with van der Waals surface area (Å²) in [6, 6.07) is 8.32. The van der Waals surface area contributed by atoms with E-state index < -0.39 is 6.10 Å². The van der Waals surface area contributed by atoms with E-state index in [0.717, 1.165) is 11.4 Å². The van der Waals surface area contributed by atoms with E-state index in [2.05, 4.69) is 41.5 Å². The molecular weight excluding hydrogens is 284 g/mol. The summed E-state index contributed by atoms with van der Waals surface area (Å²) in [6.45, 7) is 4.22. The van der Waals surface area contributed by atoms with Crippen molar-refractivity contribution in [1.82, 2.24) is 10.3 Å². The van der Waals surface area contributed by atoms with E-state index in [4.69, 9.17) is 5.11 Å². The lowest BCUT2D eigenvalue weighted by Gasteiger charge is -2.04. The van der Waals surface area contributed by atoms with Gasteiger partial charge in [0.05, 0.1) is 11.1 Å². The largest absolute Gasteiger partial charge is 0.393 e. The third kappa shape index (κ3) is 4.95. The Balaban J connectivity index is 1.91. The molecule has 1 aromatic carbocycles. The lowest BCUT2D eigenvalue weighted by molar-refractivity contribution is 0.0941. The fourth-order valence-electron chi connectivity index (χ4n) is 1.86. The maximum Gasteiger partial charge on any atom is 0.270 e. The Morgan fingerprint density at radius 3 is 2.76 bits per heavy atom. The van der Waals surface area contributed by atoms with E-state index in [9.17, 15) is 4.79 Å². The van der Waals surface area contributed by atoms with E-state index in [0.29, 0.717) is 18.7 Å². The van der Waals surface area contributed by atoms with E-state index >= 15 is 0 Å². The Morgan fingerprint density at radius 1 is 1.38 bits per heavy atom. The van der Waals surface area contributed by atoms with Crippen molar-refractivity contribution in [3.63, 3.8) is 0 Å². The number of amides is 1. The van der Waals surface area contributed by atoms with Crippen LogP contribution in [0, 0.1) is 6.92 Å². The average molecular weight is 304 g/mol. The summed E-state index contributed by atoms with van der Waals surface area (Å²) in [5.41, 5.74) is 2.87. The molecule has 21 heavy (non-hydrogen) atoms. The number of aromatic nitrogens is 1. The molecule has 0 saturated heterocycles. The Morgan fingerprint density at radius 2 is 2.10 bits per heavy atom. The molecule has 0 saturated carbocycles. The molecule has 0 aliphatic heterocycles. The molecule has 1 amide bonds. The highest BCUT2D eigenvalue weighted by Crippen LogP contribution is 2.15. The third-order valence-corrected chi connectivity index (χ3v) is 3.96. The number of thiazole rings is 1. The van der Waals surface area contributed by atoms with Crippen LogP contribution in [0.4, 0.5) is 0 Å². The zero-order chi connectivity index (χ0) is 15.2. The maximum absolute atomic E-state index is 11.9. The number of carbonyl (C=O) groups excluding carboxylic acids is 1. The SMILES string of the molecule is Cc1ccc(Cc2nc(C(=O)NCCC(C)O)cs2)cc1. The predicted molar refractivity (Wildman–Crippen MR) is 84.7 cm³/mol. The van der Waals surface area contributed by atoms with E-state index in [1.165, 1.54) is 22.5 Å². The molecule has 1 heterocycles. The highest BCUT2D eigenvalue weighted by atomic mass is 32.1. The van der Waals surface area contributed by atoms with Crippen molar-refractivity contribution in [3.05, 3.63) is 51.5 Å². The molecule has 0 aliphatic carbocycles.